The Kier molecular flexibility index (Phi) is 10.2. The van der Waals surface area contributed by atoms with Crippen LogP contribution in [0.25, 0.3) is 11.1 Å². The monoisotopic (exact) mass is 512 g/mol. The van der Waals surface area contributed by atoms with Crippen molar-refractivity contribution in [2.24, 2.45) is 0 Å². The SMILES string of the molecule is CCN(CCCCOC)Sc1cccc(C(=O)Nc2ccc(-c3ccc(Cl)cc3)cc2C(=O)O)c1. The van der Waals surface area contributed by atoms with Crippen LogP contribution in [0.4, 0.5) is 5.69 Å². The first kappa shape index (κ1) is 26.8. The van der Waals surface area contributed by atoms with Crippen molar-refractivity contribution < 1.29 is 19.4 Å². The highest BCUT2D eigenvalue weighted by Gasteiger charge is 2.16. The summed E-state index contributed by atoms with van der Waals surface area (Å²) in [6, 6.07) is 19.4. The van der Waals surface area contributed by atoms with Crippen LogP contribution < -0.4 is 5.32 Å². The van der Waals surface area contributed by atoms with Crippen LogP contribution in [0.3, 0.4) is 0 Å². The molecule has 35 heavy (non-hydrogen) atoms. The Morgan fingerprint density at radius 3 is 2.46 bits per heavy atom. The van der Waals surface area contributed by atoms with E-state index in [-0.39, 0.29) is 17.2 Å². The lowest BCUT2D eigenvalue weighted by Crippen LogP contribution is -2.17. The molecule has 3 aromatic carbocycles. The number of carboxylic acids is 1. The molecule has 3 rings (SSSR count). The number of carboxylic acid groups (broad SMARTS) is 1. The van der Waals surface area contributed by atoms with Gasteiger partial charge in [0.25, 0.3) is 5.91 Å². The van der Waals surface area contributed by atoms with Gasteiger partial charge in [-0.3, -0.25) is 4.79 Å². The Labute approximate surface area is 215 Å². The third-order valence-electron chi connectivity index (χ3n) is 5.37. The van der Waals surface area contributed by atoms with Crippen molar-refractivity contribution >= 4 is 41.1 Å². The summed E-state index contributed by atoms with van der Waals surface area (Å²) >= 11 is 7.55. The van der Waals surface area contributed by atoms with Gasteiger partial charge in [-0.1, -0.05) is 42.8 Å². The fourth-order valence-corrected chi connectivity index (χ4v) is 4.59. The number of hydrogen-bond acceptors (Lipinski definition) is 5. The number of anilines is 1. The minimum atomic E-state index is -1.12. The van der Waals surface area contributed by atoms with Crippen molar-refractivity contribution in [2.45, 2.75) is 24.7 Å². The summed E-state index contributed by atoms with van der Waals surface area (Å²) in [6.07, 6.45) is 2.03. The highest BCUT2D eigenvalue weighted by Crippen LogP contribution is 2.28. The first-order chi connectivity index (χ1) is 16.9. The van der Waals surface area contributed by atoms with Crippen LogP contribution in [-0.2, 0) is 4.74 Å². The van der Waals surface area contributed by atoms with E-state index in [1.807, 2.05) is 30.3 Å². The molecule has 0 aliphatic carbocycles. The molecule has 0 saturated carbocycles. The topological polar surface area (TPSA) is 78.9 Å². The van der Waals surface area contributed by atoms with Crippen molar-refractivity contribution in [1.82, 2.24) is 4.31 Å². The number of aromatic carboxylic acids is 1. The highest BCUT2D eigenvalue weighted by molar-refractivity contribution is 7.97. The number of methoxy groups -OCH3 is 1. The molecule has 0 aliphatic rings. The van der Waals surface area contributed by atoms with E-state index in [1.165, 1.54) is 0 Å². The van der Waals surface area contributed by atoms with Crippen LogP contribution in [-0.4, -0.2) is 48.1 Å². The Hall–Kier alpha value is -2.84. The molecule has 2 N–H and O–H groups in total. The van der Waals surface area contributed by atoms with Crippen molar-refractivity contribution in [3.8, 4) is 11.1 Å². The predicted octanol–water partition coefficient (Wildman–Crippen LogP) is 6.71. The molecule has 0 unspecified atom stereocenters. The second-order valence-electron chi connectivity index (χ2n) is 7.87. The Morgan fingerprint density at radius 1 is 1.03 bits per heavy atom. The highest BCUT2D eigenvalue weighted by atomic mass is 35.5. The third kappa shape index (κ3) is 7.83. The number of carbonyl (C=O) groups is 2. The van der Waals surface area contributed by atoms with E-state index < -0.39 is 5.97 Å². The summed E-state index contributed by atoms with van der Waals surface area (Å²) in [4.78, 5) is 25.8. The van der Waals surface area contributed by atoms with Gasteiger partial charge in [-0.2, -0.15) is 0 Å². The molecule has 6 nitrogen and oxygen atoms in total. The average molecular weight is 513 g/mol. The number of halogens is 1. The second-order valence-corrected chi connectivity index (χ2v) is 9.47. The first-order valence-corrected chi connectivity index (χ1v) is 12.5. The van der Waals surface area contributed by atoms with Crippen LogP contribution in [0.1, 0.15) is 40.5 Å². The molecular formula is C27H29ClN2O4S. The van der Waals surface area contributed by atoms with Gasteiger partial charge in [-0.05, 0) is 78.4 Å². The molecule has 8 heteroatoms. The summed E-state index contributed by atoms with van der Waals surface area (Å²) in [5.41, 5.74) is 2.28. The average Bonchev–Trinajstić information content (AvgIpc) is 2.86. The van der Waals surface area contributed by atoms with Gasteiger partial charge in [0.2, 0.25) is 0 Å². The quantitative estimate of drug-likeness (QED) is 0.207. The number of rotatable bonds is 12. The molecule has 0 bridgehead atoms. The van der Waals surface area contributed by atoms with E-state index >= 15 is 0 Å². The summed E-state index contributed by atoms with van der Waals surface area (Å²) in [7, 11) is 1.70. The largest absolute Gasteiger partial charge is 0.478 e. The standard InChI is InChI=1S/C27H29ClN2O4S/c1-3-30(15-4-5-16-34-2)35-23-8-6-7-21(17-23)26(31)29-25-14-11-20(18-24(25)27(32)33)19-9-12-22(28)13-10-19/h6-14,17-18H,3-5,15-16H2,1-2H3,(H,29,31)(H,32,33). The van der Waals surface area contributed by atoms with Gasteiger partial charge in [0.15, 0.2) is 0 Å². The molecule has 0 saturated heterocycles. The number of carbonyl (C=O) groups excluding carboxylic acids is 1. The van der Waals surface area contributed by atoms with Gasteiger partial charge in [0, 0.05) is 42.3 Å². The van der Waals surface area contributed by atoms with E-state index in [1.54, 1.807) is 55.5 Å². The predicted molar refractivity (Wildman–Crippen MR) is 142 cm³/mol. The molecule has 3 aromatic rings. The Morgan fingerprint density at radius 2 is 1.77 bits per heavy atom. The number of nitrogens with zero attached hydrogens (tertiary/aromatic N) is 1. The van der Waals surface area contributed by atoms with Crippen molar-refractivity contribution in [3.63, 3.8) is 0 Å². The summed E-state index contributed by atoms with van der Waals surface area (Å²) in [6.45, 7) is 4.64. The van der Waals surface area contributed by atoms with Crippen LogP contribution in [0.5, 0.6) is 0 Å². The van der Waals surface area contributed by atoms with Crippen LogP contribution in [0, 0.1) is 0 Å². The van der Waals surface area contributed by atoms with E-state index in [0.717, 1.165) is 48.6 Å². The minimum Gasteiger partial charge on any atom is -0.478 e. The third-order valence-corrected chi connectivity index (χ3v) is 6.78. The summed E-state index contributed by atoms with van der Waals surface area (Å²) in [5, 5.41) is 13.1. The van der Waals surface area contributed by atoms with Crippen molar-refractivity contribution in [1.29, 1.82) is 0 Å². The molecule has 0 aliphatic heterocycles. The van der Waals surface area contributed by atoms with Crippen LogP contribution >= 0.6 is 23.5 Å². The number of nitrogens with one attached hydrogen (secondary N) is 1. The van der Waals surface area contributed by atoms with Gasteiger partial charge in [-0.15, -0.1) is 0 Å². The molecule has 0 spiro atoms. The molecule has 1 amide bonds. The maximum absolute atomic E-state index is 13.0. The molecule has 0 fully saturated rings. The van der Waals surface area contributed by atoms with Crippen LogP contribution in [0.15, 0.2) is 71.6 Å². The first-order valence-electron chi connectivity index (χ1n) is 11.4. The summed E-state index contributed by atoms with van der Waals surface area (Å²) in [5.74, 6) is -1.48. The fraction of sp³-hybridized carbons (Fsp3) is 0.259. The van der Waals surface area contributed by atoms with Crippen molar-refractivity contribution in [2.75, 3.05) is 32.1 Å². The number of ether oxygens (including phenoxy) is 1. The van der Waals surface area contributed by atoms with E-state index in [4.69, 9.17) is 16.3 Å². The maximum Gasteiger partial charge on any atom is 0.337 e. The van der Waals surface area contributed by atoms with Gasteiger partial charge in [-0.25, -0.2) is 9.10 Å². The number of benzene rings is 3. The Balaban J connectivity index is 1.73. The number of unbranched alkanes of at least 4 members (excludes halogenated alkanes) is 1. The van der Waals surface area contributed by atoms with Gasteiger partial charge in [0.05, 0.1) is 11.3 Å². The fourth-order valence-electron chi connectivity index (χ4n) is 3.49. The molecule has 0 heterocycles. The maximum atomic E-state index is 13.0. The molecule has 0 radical (unpaired) electrons. The zero-order valence-electron chi connectivity index (χ0n) is 19.8. The molecule has 184 valence electrons. The normalized spacial score (nSPS) is 11.0. The lowest BCUT2D eigenvalue weighted by Gasteiger charge is -2.19. The zero-order chi connectivity index (χ0) is 25.2. The number of hydrogen-bond donors (Lipinski definition) is 2. The molecule has 0 aromatic heterocycles. The summed E-state index contributed by atoms with van der Waals surface area (Å²) < 4.78 is 7.35. The van der Waals surface area contributed by atoms with E-state index in [2.05, 4.69) is 16.5 Å². The van der Waals surface area contributed by atoms with Gasteiger partial charge >= 0.3 is 5.97 Å². The van der Waals surface area contributed by atoms with Gasteiger partial charge < -0.3 is 15.2 Å². The van der Waals surface area contributed by atoms with Gasteiger partial charge in [0.1, 0.15) is 0 Å². The zero-order valence-corrected chi connectivity index (χ0v) is 21.4. The molecular weight excluding hydrogens is 484 g/mol. The lowest BCUT2D eigenvalue weighted by atomic mass is 10.0. The van der Waals surface area contributed by atoms with Crippen LogP contribution in [0.2, 0.25) is 5.02 Å². The Bertz CT molecular complexity index is 1150. The van der Waals surface area contributed by atoms with Crippen molar-refractivity contribution in [3.05, 3.63) is 82.9 Å². The second kappa shape index (κ2) is 13.3. The minimum absolute atomic E-state index is 0.0181. The van der Waals surface area contributed by atoms with E-state index in [9.17, 15) is 14.7 Å². The van der Waals surface area contributed by atoms with E-state index in [0.29, 0.717) is 10.6 Å². The molecule has 0 atom stereocenters. The smallest absolute Gasteiger partial charge is 0.337 e. The lowest BCUT2D eigenvalue weighted by molar-refractivity contribution is 0.0698. The number of amides is 1.